The average Bonchev–Trinajstić information content (AvgIpc) is 2.76. The lowest BCUT2D eigenvalue weighted by atomic mass is 9.87. The van der Waals surface area contributed by atoms with Crippen molar-refractivity contribution < 1.29 is 9.59 Å². The van der Waals surface area contributed by atoms with Gasteiger partial charge in [-0.25, -0.2) is 0 Å². The highest BCUT2D eigenvalue weighted by Gasteiger charge is 2.39. The van der Waals surface area contributed by atoms with Gasteiger partial charge < -0.3 is 9.80 Å². The first-order valence-corrected chi connectivity index (χ1v) is 6.58. The van der Waals surface area contributed by atoms with Crippen molar-refractivity contribution in [1.29, 1.82) is 0 Å². The van der Waals surface area contributed by atoms with E-state index in [-0.39, 0.29) is 11.3 Å². The van der Waals surface area contributed by atoms with Crippen LogP contribution >= 0.6 is 0 Å². The van der Waals surface area contributed by atoms with Gasteiger partial charge in [0.05, 0.1) is 0 Å². The summed E-state index contributed by atoms with van der Waals surface area (Å²) in [5.41, 5.74) is -0.127. The number of amides is 2. The first kappa shape index (κ1) is 12.4. The van der Waals surface area contributed by atoms with E-state index in [2.05, 4.69) is 6.92 Å². The molecular weight excluding hydrogens is 216 g/mol. The van der Waals surface area contributed by atoms with Crippen LogP contribution in [0.5, 0.6) is 0 Å². The maximum absolute atomic E-state index is 12.4. The molecule has 0 unspecified atom stereocenters. The second-order valence-electron chi connectivity index (χ2n) is 5.57. The molecule has 0 atom stereocenters. The van der Waals surface area contributed by atoms with Crippen LogP contribution in [0.2, 0.25) is 0 Å². The lowest BCUT2D eigenvalue weighted by Crippen LogP contribution is -2.53. The second-order valence-corrected chi connectivity index (χ2v) is 5.57. The first-order valence-electron chi connectivity index (χ1n) is 6.58. The Kier molecular flexibility index (Phi) is 3.40. The van der Waals surface area contributed by atoms with Crippen LogP contribution in [0, 0.1) is 5.41 Å². The van der Waals surface area contributed by atoms with Crippen molar-refractivity contribution >= 4 is 11.8 Å². The van der Waals surface area contributed by atoms with Crippen molar-refractivity contribution in [3.8, 4) is 0 Å². The van der Waals surface area contributed by atoms with E-state index < -0.39 is 0 Å². The van der Waals surface area contributed by atoms with E-state index in [1.165, 1.54) is 12.8 Å². The molecule has 96 valence electrons. The van der Waals surface area contributed by atoms with Gasteiger partial charge in [0.25, 0.3) is 0 Å². The Bertz CT molecular complexity index is 313. The number of piperazine rings is 1. The summed E-state index contributed by atoms with van der Waals surface area (Å²) in [6.45, 7) is 6.48. The van der Waals surface area contributed by atoms with Crippen LogP contribution < -0.4 is 0 Å². The summed E-state index contributed by atoms with van der Waals surface area (Å²) in [7, 11) is 0. The van der Waals surface area contributed by atoms with E-state index >= 15 is 0 Å². The predicted molar refractivity (Wildman–Crippen MR) is 65.4 cm³/mol. The topological polar surface area (TPSA) is 40.6 Å². The Hall–Kier alpha value is -1.06. The fourth-order valence-corrected chi connectivity index (χ4v) is 2.98. The zero-order chi connectivity index (χ0) is 12.5. The number of hydrogen-bond donors (Lipinski definition) is 0. The van der Waals surface area contributed by atoms with Gasteiger partial charge in [-0.2, -0.15) is 0 Å². The second kappa shape index (κ2) is 4.67. The molecule has 0 N–H and O–H groups in total. The molecule has 0 bridgehead atoms. The van der Waals surface area contributed by atoms with Crippen LogP contribution in [0.25, 0.3) is 0 Å². The summed E-state index contributed by atoms with van der Waals surface area (Å²) < 4.78 is 0. The van der Waals surface area contributed by atoms with Crippen LogP contribution in [-0.4, -0.2) is 47.8 Å². The van der Waals surface area contributed by atoms with Gasteiger partial charge >= 0.3 is 0 Å². The van der Waals surface area contributed by atoms with Crippen LogP contribution in [0.4, 0.5) is 0 Å². The molecule has 0 aromatic heterocycles. The number of hydrogen-bond acceptors (Lipinski definition) is 2. The van der Waals surface area contributed by atoms with E-state index in [1.807, 2.05) is 9.80 Å². The molecule has 1 heterocycles. The Morgan fingerprint density at radius 1 is 0.941 bits per heavy atom. The molecule has 0 spiro atoms. The van der Waals surface area contributed by atoms with E-state index in [0.717, 1.165) is 12.8 Å². The molecule has 1 aliphatic heterocycles. The lowest BCUT2D eigenvalue weighted by Gasteiger charge is -2.38. The van der Waals surface area contributed by atoms with Gasteiger partial charge in [-0.05, 0) is 12.8 Å². The van der Waals surface area contributed by atoms with Gasteiger partial charge in [-0.3, -0.25) is 9.59 Å². The molecule has 0 aromatic carbocycles. The van der Waals surface area contributed by atoms with Gasteiger partial charge in [0.1, 0.15) is 0 Å². The standard InChI is InChI=1S/C13H22N2O2/c1-11(16)14-7-9-15(10-8-14)12(17)13(2)5-3-4-6-13/h3-10H2,1-2H3. The van der Waals surface area contributed by atoms with Gasteiger partial charge in [-0.15, -0.1) is 0 Å². The minimum Gasteiger partial charge on any atom is -0.339 e. The van der Waals surface area contributed by atoms with Crippen molar-refractivity contribution in [3.63, 3.8) is 0 Å². The molecule has 1 aliphatic carbocycles. The van der Waals surface area contributed by atoms with E-state index in [0.29, 0.717) is 32.1 Å². The van der Waals surface area contributed by atoms with Crippen LogP contribution in [0.1, 0.15) is 39.5 Å². The molecule has 0 aromatic rings. The fourth-order valence-electron chi connectivity index (χ4n) is 2.98. The summed E-state index contributed by atoms with van der Waals surface area (Å²) in [6.07, 6.45) is 4.41. The molecule has 2 amide bonds. The fraction of sp³-hybridized carbons (Fsp3) is 0.846. The maximum atomic E-state index is 12.4. The van der Waals surface area contributed by atoms with E-state index in [4.69, 9.17) is 0 Å². The highest BCUT2D eigenvalue weighted by atomic mass is 16.2. The first-order chi connectivity index (χ1) is 8.03. The predicted octanol–water partition coefficient (Wildman–Crippen LogP) is 1.26. The summed E-state index contributed by atoms with van der Waals surface area (Å²) in [5.74, 6) is 0.419. The van der Waals surface area contributed by atoms with Crippen molar-refractivity contribution in [1.82, 2.24) is 9.80 Å². The highest BCUT2D eigenvalue weighted by Crippen LogP contribution is 2.39. The maximum Gasteiger partial charge on any atom is 0.228 e. The summed E-state index contributed by atoms with van der Waals surface area (Å²) in [5, 5.41) is 0. The van der Waals surface area contributed by atoms with E-state index in [9.17, 15) is 9.59 Å². The molecule has 0 radical (unpaired) electrons. The molecule has 2 aliphatic rings. The lowest BCUT2D eigenvalue weighted by molar-refractivity contribution is -0.145. The van der Waals surface area contributed by atoms with Crippen molar-refractivity contribution in [2.45, 2.75) is 39.5 Å². The Balaban J connectivity index is 1.92. The van der Waals surface area contributed by atoms with Gasteiger partial charge in [-0.1, -0.05) is 19.8 Å². The minimum atomic E-state index is -0.127. The summed E-state index contributed by atoms with van der Waals surface area (Å²) in [6, 6.07) is 0. The number of carbonyl (C=O) groups excluding carboxylic acids is 2. The number of nitrogens with zero attached hydrogens (tertiary/aromatic N) is 2. The van der Waals surface area contributed by atoms with Crippen LogP contribution in [-0.2, 0) is 9.59 Å². The molecular formula is C13H22N2O2. The quantitative estimate of drug-likeness (QED) is 0.690. The van der Waals surface area contributed by atoms with Crippen molar-refractivity contribution in [2.75, 3.05) is 26.2 Å². The third-order valence-electron chi connectivity index (χ3n) is 4.24. The van der Waals surface area contributed by atoms with Gasteiger partial charge in [0.15, 0.2) is 0 Å². The molecule has 1 saturated carbocycles. The molecule has 17 heavy (non-hydrogen) atoms. The van der Waals surface area contributed by atoms with E-state index in [1.54, 1.807) is 6.92 Å². The smallest absolute Gasteiger partial charge is 0.228 e. The minimum absolute atomic E-state index is 0.115. The normalized spacial score (nSPS) is 23.9. The average molecular weight is 238 g/mol. The molecule has 1 saturated heterocycles. The van der Waals surface area contributed by atoms with Crippen LogP contribution in [0.3, 0.4) is 0 Å². The Morgan fingerprint density at radius 2 is 1.41 bits per heavy atom. The zero-order valence-electron chi connectivity index (χ0n) is 10.9. The molecule has 2 rings (SSSR count). The molecule has 2 fully saturated rings. The Labute approximate surface area is 103 Å². The highest BCUT2D eigenvalue weighted by molar-refractivity contribution is 5.83. The number of carbonyl (C=O) groups is 2. The van der Waals surface area contributed by atoms with Gasteiger partial charge in [0.2, 0.25) is 11.8 Å². The molecule has 4 nitrogen and oxygen atoms in total. The third-order valence-corrected chi connectivity index (χ3v) is 4.24. The third kappa shape index (κ3) is 2.45. The Morgan fingerprint density at radius 3 is 1.88 bits per heavy atom. The summed E-state index contributed by atoms with van der Waals surface area (Å²) in [4.78, 5) is 27.4. The molecule has 4 heteroatoms. The largest absolute Gasteiger partial charge is 0.339 e. The van der Waals surface area contributed by atoms with Gasteiger partial charge in [0, 0.05) is 38.5 Å². The van der Waals surface area contributed by atoms with Crippen molar-refractivity contribution in [3.05, 3.63) is 0 Å². The zero-order valence-corrected chi connectivity index (χ0v) is 10.9. The summed E-state index contributed by atoms with van der Waals surface area (Å²) >= 11 is 0. The SMILES string of the molecule is CC(=O)N1CCN(C(=O)C2(C)CCCC2)CC1. The monoisotopic (exact) mass is 238 g/mol. The van der Waals surface area contributed by atoms with Crippen molar-refractivity contribution in [2.24, 2.45) is 5.41 Å². The van der Waals surface area contributed by atoms with Crippen LogP contribution in [0.15, 0.2) is 0 Å². The number of rotatable bonds is 1.